The van der Waals surface area contributed by atoms with Crippen LogP contribution in [0.4, 0.5) is 0 Å². The quantitative estimate of drug-likeness (QED) is 0.769. The van der Waals surface area contributed by atoms with Crippen molar-refractivity contribution in [3.05, 3.63) is 41.1 Å². The molecule has 0 aromatic carbocycles. The third-order valence-corrected chi connectivity index (χ3v) is 3.29. The molecule has 0 unspecified atom stereocenters. The van der Waals surface area contributed by atoms with Crippen molar-refractivity contribution >= 4 is 11.6 Å². The third kappa shape index (κ3) is 3.01. The number of rotatable bonds is 5. The summed E-state index contributed by atoms with van der Waals surface area (Å²) in [6.45, 7) is 6.16. The maximum absolute atomic E-state index is 12.2. The third-order valence-electron chi connectivity index (χ3n) is 3.29. The van der Waals surface area contributed by atoms with Gasteiger partial charge in [-0.2, -0.15) is 4.52 Å². The standard InChI is InChI=1S/C15H17N5O3/c1-4-22-14-6-5-12-17-18-13(20(12)19-14)8-16-15(21)11-7-9(2)23-10(11)3/h5-7H,4,8H2,1-3H3,(H,16,21). The van der Waals surface area contributed by atoms with Gasteiger partial charge in [-0.15, -0.1) is 15.3 Å². The average Bonchev–Trinajstić information content (AvgIpc) is 3.08. The molecule has 8 nitrogen and oxygen atoms in total. The summed E-state index contributed by atoms with van der Waals surface area (Å²) in [6, 6.07) is 5.20. The van der Waals surface area contributed by atoms with Gasteiger partial charge in [0.05, 0.1) is 18.7 Å². The van der Waals surface area contributed by atoms with E-state index >= 15 is 0 Å². The highest BCUT2D eigenvalue weighted by Crippen LogP contribution is 2.14. The van der Waals surface area contributed by atoms with Crippen molar-refractivity contribution in [1.29, 1.82) is 0 Å². The highest BCUT2D eigenvalue weighted by Gasteiger charge is 2.15. The van der Waals surface area contributed by atoms with Crippen LogP contribution in [0.1, 0.15) is 34.6 Å². The van der Waals surface area contributed by atoms with Crippen LogP contribution in [0.15, 0.2) is 22.6 Å². The van der Waals surface area contributed by atoms with Crippen LogP contribution in [0, 0.1) is 13.8 Å². The van der Waals surface area contributed by atoms with E-state index in [1.165, 1.54) is 0 Å². The van der Waals surface area contributed by atoms with E-state index in [1.54, 1.807) is 36.6 Å². The van der Waals surface area contributed by atoms with Gasteiger partial charge in [-0.3, -0.25) is 4.79 Å². The first-order chi connectivity index (χ1) is 11.1. The van der Waals surface area contributed by atoms with Crippen LogP contribution in [-0.2, 0) is 6.54 Å². The molecule has 0 aliphatic carbocycles. The largest absolute Gasteiger partial charge is 0.477 e. The van der Waals surface area contributed by atoms with Crippen LogP contribution in [0.25, 0.3) is 5.65 Å². The van der Waals surface area contributed by atoms with Crippen molar-refractivity contribution in [2.45, 2.75) is 27.3 Å². The molecule has 0 atom stereocenters. The molecule has 0 aliphatic heterocycles. The molecule has 3 rings (SSSR count). The number of carbonyl (C=O) groups is 1. The number of nitrogens with one attached hydrogen (secondary N) is 1. The Morgan fingerprint density at radius 1 is 1.35 bits per heavy atom. The monoisotopic (exact) mass is 315 g/mol. The van der Waals surface area contributed by atoms with Gasteiger partial charge in [0.1, 0.15) is 11.5 Å². The molecule has 0 bridgehead atoms. The fourth-order valence-corrected chi connectivity index (χ4v) is 2.26. The number of carbonyl (C=O) groups excluding carboxylic acids is 1. The number of hydrogen-bond donors (Lipinski definition) is 1. The Labute approximate surface area is 132 Å². The number of nitrogens with zero attached hydrogens (tertiary/aromatic N) is 4. The minimum absolute atomic E-state index is 0.201. The van der Waals surface area contributed by atoms with Crippen molar-refractivity contribution in [2.24, 2.45) is 0 Å². The molecule has 0 spiro atoms. The molecular weight excluding hydrogens is 298 g/mol. The summed E-state index contributed by atoms with van der Waals surface area (Å²) in [5, 5.41) is 15.2. The predicted octanol–water partition coefficient (Wildman–Crippen LogP) is 1.66. The first-order valence-corrected chi connectivity index (χ1v) is 7.28. The number of furan rings is 1. The lowest BCUT2D eigenvalue weighted by Crippen LogP contribution is -2.24. The number of hydrogen-bond acceptors (Lipinski definition) is 6. The average molecular weight is 315 g/mol. The van der Waals surface area contributed by atoms with Crippen LogP contribution in [0.3, 0.4) is 0 Å². The Kier molecular flexibility index (Phi) is 3.96. The summed E-state index contributed by atoms with van der Waals surface area (Å²) in [6.07, 6.45) is 0. The molecule has 0 saturated carbocycles. The fraction of sp³-hybridized carbons (Fsp3) is 0.333. The Morgan fingerprint density at radius 3 is 2.87 bits per heavy atom. The minimum atomic E-state index is -0.225. The van der Waals surface area contributed by atoms with Gasteiger partial charge in [0.15, 0.2) is 11.5 Å². The number of ether oxygens (including phenoxy) is 1. The van der Waals surface area contributed by atoms with Crippen molar-refractivity contribution < 1.29 is 13.9 Å². The van der Waals surface area contributed by atoms with Gasteiger partial charge in [-0.1, -0.05) is 0 Å². The van der Waals surface area contributed by atoms with Crippen molar-refractivity contribution in [2.75, 3.05) is 6.61 Å². The second kappa shape index (κ2) is 6.07. The SMILES string of the molecule is CCOc1ccc2nnc(CNC(=O)c3cc(C)oc3C)n2n1. The first-order valence-electron chi connectivity index (χ1n) is 7.28. The molecule has 8 heteroatoms. The maximum atomic E-state index is 12.2. The van der Waals surface area contributed by atoms with Crippen LogP contribution in [-0.4, -0.2) is 32.3 Å². The Balaban J connectivity index is 1.77. The molecule has 0 aliphatic rings. The normalized spacial score (nSPS) is 10.9. The summed E-state index contributed by atoms with van der Waals surface area (Å²) in [5.74, 6) is 2.06. The second-order valence-corrected chi connectivity index (χ2v) is 5.00. The van der Waals surface area contributed by atoms with Crippen molar-refractivity contribution in [1.82, 2.24) is 25.1 Å². The molecule has 120 valence electrons. The Bertz CT molecular complexity index is 852. The highest BCUT2D eigenvalue weighted by molar-refractivity contribution is 5.95. The number of fused-ring (bicyclic) bond motifs is 1. The van der Waals surface area contributed by atoms with E-state index in [1.807, 2.05) is 6.92 Å². The second-order valence-electron chi connectivity index (χ2n) is 5.00. The van der Waals surface area contributed by atoms with Crippen LogP contribution in [0.2, 0.25) is 0 Å². The van der Waals surface area contributed by atoms with Gasteiger partial charge in [0, 0.05) is 6.07 Å². The number of aromatic nitrogens is 4. The minimum Gasteiger partial charge on any atom is -0.477 e. The van der Waals surface area contributed by atoms with Gasteiger partial charge in [-0.25, -0.2) is 0 Å². The van der Waals surface area contributed by atoms with E-state index in [0.29, 0.717) is 41.0 Å². The van der Waals surface area contributed by atoms with E-state index in [-0.39, 0.29) is 12.5 Å². The van der Waals surface area contributed by atoms with Gasteiger partial charge in [0.2, 0.25) is 5.88 Å². The zero-order valence-corrected chi connectivity index (χ0v) is 13.2. The molecule has 0 fully saturated rings. The maximum Gasteiger partial charge on any atom is 0.255 e. The molecule has 23 heavy (non-hydrogen) atoms. The van der Waals surface area contributed by atoms with Crippen LogP contribution in [0.5, 0.6) is 5.88 Å². The summed E-state index contributed by atoms with van der Waals surface area (Å²) in [5.41, 5.74) is 1.10. The molecule has 1 N–H and O–H groups in total. The van der Waals surface area contributed by atoms with E-state index in [4.69, 9.17) is 9.15 Å². The highest BCUT2D eigenvalue weighted by atomic mass is 16.5. The molecule has 3 heterocycles. The predicted molar refractivity (Wildman–Crippen MR) is 81.3 cm³/mol. The molecule has 0 radical (unpaired) electrons. The van der Waals surface area contributed by atoms with Gasteiger partial charge >= 0.3 is 0 Å². The molecular formula is C15H17N5O3. The van der Waals surface area contributed by atoms with E-state index < -0.39 is 0 Å². The summed E-state index contributed by atoms with van der Waals surface area (Å²) in [4.78, 5) is 12.2. The van der Waals surface area contributed by atoms with E-state index in [0.717, 1.165) is 0 Å². The van der Waals surface area contributed by atoms with Gasteiger partial charge in [0.25, 0.3) is 5.91 Å². The van der Waals surface area contributed by atoms with Crippen molar-refractivity contribution in [3.63, 3.8) is 0 Å². The topological polar surface area (TPSA) is 94.6 Å². The lowest BCUT2D eigenvalue weighted by molar-refractivity contribution is 0.0948. The number of aryl methyl sites for hydroxylation is 2. The summed E-state index contributed by atoms with van der Waals surface area (Å²) in [7, 11) is 0. The zero-order chi connectivity index (χ0) is 16.4. The Morgan fingerprint density at radius 2 is 2.17 bits per heavy atom. The summed E-state index contributed by atoms with van der Waals surface area (Å²) < 4.78 is 12.3. The van der Waals surface area contributed by atoms with Crippen molar-refractivity contribution in [3.8, 4) is 5.88 Å². The van der Waals surface area contributed by atoms with E-state index in [2.05, 4.69) is 20.6 Å². The summed E-state index contributed by atoms with van der Waals surface area (Å²) >= 11 is 0. The fourth-order valence-electron chi connectivity index (χ4n) is 2.26. The van der Waals surface area contributed by atoms with Gasteiger partial charge < -0.3 is 14.5 Å². The lowest BCUT2D eigenvalue weighted by atomic mass is 10.2. The van der Waals surface area contributed by atoms with Crippen LogP contribution >= 0.6 is 0 Å². The smallest absolute Gasteiger partial charge is 0.255 e. The number of amides is 1. The zero-order valence-electron chi connectivity index (χ0n) is 13.2. The lowest BCUT2D eigenvalue weighted by Gasteiger charge is -2.04. The molecule has 1 amide bonds. The Hall–Kier alpha value is -2.90. The first kappa shape index (κ1) is 15.0. The van der Waals surface area contributed by atoms with Gasteiger partial charge in [-0.05, 0) is 32.9 Å². The molecule has 3 aromatic heterocycles. The van der Waals surface area contributed by atoms with Crippen LogP contribution < -0.4 is 10.1 Å². The molecule has 0 saturated heterocycles. The van der Waals surface area contributed by atoms with E-state index in [9.17, 15) is 4.79 Å². The molecule has 3 aromatic rings.